The number of anilines is 1. The molecule has 1 rings (SSSR count). The molecule has 0 bridgehead atoms. The first-order valence-corrected chi connectivity index (χ1v) is 6.99. The molecular weight excluding hydrogens is 246 g/mol. The van der Waals surface area contributed by atoms with E-state index in [1.54, 1.807) is 0 Å². The van der Waals surface area contributed by atoms with Gasteiger partial charge in [-0.15, -0.1) is 11.3 Å². The molecule has 0 aliphatic heterocycles. The monoisotopic (exact) mass is 269 g/mol. The minimum Gasteiger partial charge on any atom is -0.325 e. The van der Waals surface area contributed by atoms with Crippen molar-refractivity contribution in [1.82, 2.24) is 4.98 Å². The summed E-state index contributed by atoms with van der Waals surface area (Å²) >= 11 is 1.45. The largest absolute Gasteiger partial charge is 0.325 e. The van der Waals surface area contributed by atoms with Crippen molar-refractivity contribution >= 4 is 22.4 Å². The Hall–Kier alpha value is -0.940. The molecule has 0 unspecified atom stereocenters. The van der Waals surface area contributed by atoms with Gasteiger partial charge in [0, 0.05) is 10.9 Å². The van der Waals surface area contributed by atoms with Crippen LogP contribution in [-0.2, 0) is 4.79 Å². The number of thiazole rings is 1. The van der Waals surface area contributed by atoms with Crippen LogP contribution in [0.2, 0.25) is 0 Å². The number of nitrogens with zero attached hydrogens (tertiary/aromatic N) is 1. The Kier molecular flexibility index (Phi) is 4.18. The lowest BCUT2D eigenvalue weighted by molar-refractivity contribution is -0.126. The summed E-state index contributed by atoms with van der Waals surface area (Å²) in [6, 6.07) is 0. The summed E-state index contributed by atoms with van der Waals surface area (Å²) in [7, 11) is 0. The van der Waals surface area contributed by atoms with E-state index in [1.165, 1.54) is 11.3 Å². The van der Waals surface area contributed by atoms with E-state index >= 15 is 0 Å². The van der Waals surface area contributed by atoms with Crippen LogP contribution in [0.15, 0.2) is 5.38 Å². The fraction of sp³-hybridized carbons (Fsp3) is 0.692. The SMILES string of the molecule is CC(C)c1csc(NC(=O)C(C)(C)C(C)(C)N)n1. The molecule has 1 amide bonds. The molecule has 102 valence electrons. The molecule has 0 aliphatic rings. The first-order valence-electron chi connectivity index (χ1n) is 6.11. The highest BCUT2D eigenvalue weighted by molar-refractivity contribution is 7.13. The first kappa shape index (κ1) is 15.1. The number of carbonyl (C=O) groups is 1. The smallest absolute Gasteiger partial charge is 0.233 e. The van der Waals surface area contributed by atoms with Gasteiger partial charge in [0.1, 0.15) is 0 Å². The molecule has 3 N–H and O–H groups in total. The van der Waals surface area contributed by atoms with Crippen molar-refractivity contribution < 1.29 is 4.79 Å². The van der Waals surface area contributed by atoms with Crippen LogP contribution in [-0.4, -0.2) is 16.4 Å². The predicted molar refractivity (Wildman–Crippen MR) is 76.9 cm³/mol. The van der Waals surface area contributed by atoms with E-state index in [4.69, 9.17) is 5.73 Å². The van der Waals surface area contributed by atoms with Crippen LogP contribution in [0.4, 0.5) is 5.13 Å². The highest BCUT2D eigenvalue weighted by Gasteiger charge is 2.40. The van der Waals surface area contributed by atoms with Gasteiger partial charge in [0.2, 0.25) is 5.91 Å². The second kappa shape index (κ2) is 4.97. The summed E-state index contributed by atoms with van der Waals surface area (Å²) in [5, 5.41) is 5.47. The van der Waals surface area contributed by atoms with Crippen LogP contribution in [0.1, 0.15) is 53.2 Å². The Labute approximate surface area is 113 Å². The Morgan fingerprint density at radius 1 is 1.39 bits per heavy atom. The van der Waals surface area contributed by atoms with Crippen molar-refractivity contribution in [2.75, 3.05) is 5.32 Å². The third-order valence-electron chi connectivity index (χ3n) is 3.51. The molecule has 0 fully saturated rings. The maximum absolute atomic E-state index is 12.2. The van der Waals surface area contributed by atoms with Crippen LogP contribution in [0, 0.1) is 5.41 Å². The summed E-state index contributed by atoms with van der Waals surface area (Å²) < 4.78 is 0. The quantitative estimate of drug-likeness (QED) is 0.883. The van der Waals surface area contributed by atoms with Crippen LogP contribution in [0.5, 0.6) is 0 Å². The van der Waals surface area contributed by atoms with Crippen LogP contribution < -0.4 is 11.1 Å². The number of hydrogen-bond donors (Lipinski definition) is 2. The molecule has 18 heavy (non-hydrogen) atoms. The fourth-order valence-corrected chi connectivity index (χ4v) is 2.02. The lowest BCUT2D eigenvalue weighted by Crippen LogP contribution is -2.53. The molecule has 0 saturated heterocycles. The normalized spacial score (nSPS) is 12.9. The van der Waals surface area contributed by atoms with Crippen LogP contribution in [0.25, 0.3) is 0 Å². The van der Waals surface area contributed by atoms with E-state index in [9.17, 15) is 4.79 Å². The molecule has 1 heterocycles. The Bertz CT molecular complexity index is 430. The maximum atomic E-state index is 12.2. The third-order valence-corrected chi connectivity index (χ3v) is 4.29. The minimum atomic E-state index is -0.656. The van der Waals surface area contributed by atoms with Gasteiger partial charge in [0.15, 0.2) is 5.13 Å². The van der Waals surface area contributed by atoms with Gasteiger partial charge in [-0.05, 0) is 33.6 Å². The standard InChI is InChI=1S/C13H23N3OS/c1-8(2)9-7-18-11(15-9)16-10(17)12(3,4)13(5,6)14/h7-8H,14H2,1-6H3,(H,15,16,17). The minimum absolute atomic E-state index is 0.0975. The van der Waals surface area contributed by atoms with E-state index in [-0.39, 0.29) is 5.91 Å². The average molecular weight is 269 g/mol. The fourth-order valence-electron chi connectivity index (χ4n) is 1.15. The molecule has 0 saturated carbocycles. The molecular formula is C13H23N3OS. The summed E-state index contributed by atoms with van der Waals surface area (Å²) in [5.74, 6) is 0.269. The van der Waals surface area contributed by atoms with Gasteiger partial charge < -0.3 is 11.1 Å². The zero-order valence-electron chi connectivity index (χ0n) is 12.0. The van der Waals surface area contributed by atoms with Gasteiger partial charge in [-0.3, -0.25) is 4.79 Å². The number of carbonyl (C=O) groups excluding carboxylic acids is 1. The van der Waals surface area contributed by atoms with Crippen LogP contribution >= 0.6 is 11.3 Å². The zero-order valence-corrected chi connectivity index (χ0v) is 12.8. The van der Waals surface area contributed by atoms with Crippen molar-refractivity contribution in [3.8, 4) is 0 Å². The third kappa shape index (κ3) is 3.09. The van der Waals surface area contributed by atoms with Gasteiger partial charge in [-0.25, -0.2) is 4.98 Å². The molecule has 0 spiro atoms. The number of nitrogens with one attached hydrogen (secondary N) is 1. The molecule has 5 heteroatoms. The molecule has 0 aliphatic carbocycles. The number of nitrogens with two attached hydrogens (primary N) is 1. The maximum Gasteiger partial charge on any atom is 0.233 e. The number of hydrogen-bond acceptors (Lipinski definition) is 4. The van der Waals surface area contributed by atoms with Gasteiger partial charge in [0.05, 0.1) is 11.1 Å². The van der Waals surface area contributed by atoms with E-state index in [0.29, 0.717) is 11.0 Å². The van der Waals surface area contributed by atoms with Crippen LogP contribution in [0.3, 0.4) is 0 Å². The summed E-state index contributed by atoms with van der Waals surface area (Å²) in [6.45, 7) is 11.6. The van der Waals surface area contributed by atoms with E-state index in [1.807, 2.05) is 33.1 Å². The van der Waals surface area contributed by atoms with Gasteiger partial charge >= 0.3 is 0 Å². The Balaban J connectivity index is 2.82. The number of aromatic nitrogens is 1. The predicted octanol–water partition coefficient (Wildman–Crippen LogP) is 2.97. The Morgan fingerprint density at radius 3 is 2.33 bits per heavy atom. The molecule has 4 nitrogen and oxygen atoms in total. The molecule has 1 aromatic rings. The number of rotatable bonds is 4. The number of amides is 1. The van der Waals surface area contributed by atoms with E-state index in [2.05, 4.69) is 24.1 Å². The second-order valence-corrected chi connectivity index (χ2v) is 6.89. The topological polar surface area (TPSA) is 68.0 Å². The zero-order chi connectivity index (χ0) is 14.1. The van der Waals surface area contributed by atoms with E-state index in [0.717, 1.165) is 5.69 Å². The molecule has 0 atom stereocenters. The average Bonchev–Trinajstić information content (AvgIpc) is 2.64. The molecule has 0 aromatic carbocycles. The van der Waals surface area contributed by atoms with Crippen molar-refractivity contribution in [2.24, 2.45) is 11.1 Å². The van der Waals surface area contributed by atoms with E-state index < -0.39 is 11.0 Å². The molecule has 0 radical (unpaired) electrons. The van der Waals surface area contributed by atoms with Crippen molar-refractivity contribution in [3.63, 3.8) is 0 Å². The lowest BCUT2D eigenvalue weighted by Gasteiger charge is -2.36. The Morgan fingerprint density at radius 2 is 1.94 bits per heavy atom. The van der Waals surface area contributed by atoms with Crippen molar-refractivity contribution in [2.45, 2.75) is 53.0 Å². The highest BCUT2D eigenvalue weighted by atomic mass is 32.1. The van der Waals surface area contributed by atoms with Gasteiger partial charge in [0.25, 0.3) is 0 Å². The van der Waals surface area contributed by atoms with Gasteiger partial charge in [-0.2, -0.15) is 0 Å². The second-order valence-electron chi connectivity index (χ2n) is 6.03. The van der Waals surface area contributed by atoms with Crippen molar-refractivity contribution in [1.29, 1.82) is 0 Å². The lowest BCUT2D eigenvalue weighted by atomic mass is 9.74. The highest BCUT2D eigenvalue weighted by Crippen LogP contribution is 2.30. The van der Waals surface area contributed by atoms with Crippen molar-refractivity contribution in [3.05, 3.63) is 11.1 Å². The summed E-state index contributed by atoms with van der Waals surface area (Å²) in [6.07, 6.45) is 0. The first-order chi connectivity index (χ1) is 8.05. The summed E-state index contributed by atoms with van der Waals surface area (Å²) in [5.41, 5.74) is 5.80. The van der Waals surface area contributed by atoms with Gasteiger partial charge in [-0.1, -0.05) is 13.8 Å². The summed E-state index contributed by atoms with van der Waals surface area (Å²) in [4.78, 5) is 16.6. The molecule has 1 aromatic heterocycles.